The van der Waals surface area contributed by atoms with E-state index in [9.17, 15) is 0 Å². The molecular weight excluding hydrogens is 280 g/mol. The first-order valence-electron chi connectivity index (χ1n) is 8.09. The Morgan fingerprint density at radius 1 is 0.739 bits per heavy atom. The van der Waals surface area contributed by atoms with Crippen LogP contribution in [0.2, 0.25) is 0 Å². The van der Waals surface area contributed by atoms with Gasteiger partial charge in [-0.25, -0.2) is 0 Å². The maximum absolute atomic E-state index is 3.52. The Bertz CT molecular complexity index is 895. The van der Waals surface area contributed by atoms with Crippen LogP contribution < -0.4 is 5.32 Å². The van der Waals surface area contributed by atoms with Crippen molar-refractivity contribution in [3.05, 3.63) is 78.4 Å². The van der Waals surface area contributed by atoms with Gasteiger partial charge in [0.2, 0.25) is 0 Å². The minimum atomic E-state index is 0.908. The van der Waals surface area contributed by atoms with E-state index in [-0.39, 0.29) is 0 Å². The molecular formula is C21H20N2. The van der Waals surface area contributed by atoms with Gasteiger partial charge in [-0.15, -0.1) is 0 Å². The molecule has 0 atom stereocenters. The van der Waals surface area contributed by atoms with Gasteiger partial charge in [0.15, 0.2) is 0 Å². The van der Waals surface area contributed by atoms with Crippen LogP contribution >= 0.6 is 0 Å². The van der Waals surface area contributed by atoms with Crippen molar-refractivity contribution in [2.75, 3.05) is 11.9 Å². The number of para-hydroxylation sites is 2. The average Bonchev–Trinajstić information content (AvgIpc) is 2.91. The van der Waals surface area contributed by atoms with Crippen molar-refractivity contribution in [1.29, 1.82) is 0 Å². The summed E-state index contributed by atoms with van der Waals surface area (Å²) in [7, 11) is 0. The fraction of sp³-hybridized carbons (Fsp3) is 0.143. The molecule has 3 aromatic carbocycles. The second-order valence-electron chi connectivity index (χ2n) is 5.98. The van der Waals surface area contributed by atoms with Crippen molar-refractivity contribution in [2.24, 2.45) is 0 Å². The Labute approximate surface area is 136 Å². The standard InChI is InChI=1S/C21H20N2/c1-16-10-12-17(13-11-16)22-14-15-23-20-8-4-2-6-18(20)19-7-3-5-9-21(19)23/h2-13,22H,14-15H2,1H3. The van der Waals surface area contributed by atoms with E-state index in [1.807, 2.05) is 0 Å². The number of hydrogen-bond donors (Lipinski definition) is 1. The highest BCUT2D eigenvalue weighted by molar-refractivity contribution is 6.07. The van der Waals surface area contributed by atoms with Gasteiger partial charge in [-0.2, -0.15) is 0 Å². The average molecular weight is 300 g/mol. The van der Waals surface area contributed by atoms with Crippen LogP contribution in [0, 0.1) is 6.92 Å². The first kappa shape index (κ1) is 13.9. The van der Waals surface area contributed by atoms with E-state index in [0.717, 1.165) is 13.1 Å². The lowest BCUT2D eigenvalue weighted by Crippen LogP contribution is -2.10. The maximum Gasteiger partial charge on any atom is 0.0491 e. The van der Waals surface area contributed by atoms with Crippen molar-refractivity contribution >= 4 is 27.5 Å². The lowest BCUT2D eigenvalue weighted by molar-refractivity contribution is 0.782. The zero-order valence-corrected chi connectivity index (χ0v) is 13.3. The molecule has 0 radical (unpaired) electrons. The molecule has 23 heavy (non-hydrogen) atoms. The molecule has 4 rings (SSSR count). The Hall–Kier alpha value is -2.74. The van der Waals surface area contributed by atoms with Crippen LogP contribution in [-0.4, -0.2) is 11.1 Å². The molecule has 0 fully saturated rings. The molecule has 2 heteroatoms. The molecule has 0 amide bonds. The molecule has 0 bridgehead atoms. The summed E-state index contributed by atoms with van der Waals surface area (Å²) in [5, 5.41) is 6.18. The van der Waals surface area contributed by atoms with Gasteiger partial charge in [0.25, 0.3) is 0 Å². The number of benzene rings is 3. The van der Waals surface area contributed by atoms with E-state index < -0.39 is 0 Å². The van der Waals surface area contributed by atoms with E-state index in [1.165, 1.54) is 33.1 Å². The Balaban J connectivity index is 1.63. The zero-order chi connectivity index (χ0) is 15.6. The molecule has 0 spiro atoms. The number of nitrogens with one attached hydrogen (secondary N) is 1. The van der Waals surface area contributed by atoms with Crippen LogP contribution in [-0.2, 0) is 6.54 Å². The van der Waals surface area contributed by atoms with E-state index in [2.05, 4.69) is 89.6 Å². The molecule has 114 valence electrons. The zero-order valence-electron chi connectivity index (χ0n) is 13.3. The second kappa shape index (κ2) is 5.81. The quantitative estimate of drug-likeness (QED) is 0.547. The van der Waals surface area contributed by atoms with Crippen molar-refractivity contribution in [1.82, 2.24) is 4.57 Å². The summed E-state index contributed by atoms with van der Waals surface area (Å²) in [5.41, 5.74) is 5.08. The van der Waals surface area contributed by atoms with Gasteiger partial charge in [0, 0.05) is 40.6 Å². The minimum absolute atomic E-state index is 0.908. The first-order chi connectivity index (χ1) is 11.3. The van der Waals surface area contributed by atoms with Gasteiger partial charge in [-0.3, -0.25) is 0 Å². The molecule has 0 aliphatic carbocycles. The summed E-state index contributed by atoms with van der Waals surface area (Å²) in [6, 6.07) is 25.9. The first-order valence-corrected chi connectivity index (χ1v) is 8.09. The van der Waals surface area contributed by atoms with Gasteiger partial charge in [0.1, 0.15) is 0 Å². The summed E-state index contributed by atoms with van der Waals surface area (Å²) < 4.78 is 2.41. The van der Waals surface area contributed by atoms with Crippen molar-refractivity contribution in [3.8, 4) is 0 Å². The summed E-state index contributed by atoms with van der Waals surface area (Å²) in [5.74, 6) is 0. The van der Waals surface area contributed by atoms with E-state index in [4.69, 9.17) is 0 Å². The molecule has 0 saturated heterocycles. The Kier molecular flexibility index (Phi) is 3.51. The molecule has 1 aromatic heterocycles. The summed E-state index contributed by atoms with van der Waals surface area (Å²) >= 11 is 0. The monoisotopic (exact) mass is 300 g/mol. The predicted molar refractivity (Wildman–Crippen MR) is 99.1 cm³/mol. The van der Waals surface area contributed by atoms with Crippen LogP contribution in [0.1, 0.15) is 5.56 Å². The SMILES string of the molecule is Cc1ccc(NCCn2c3ccccc3c3ccccc32)cc1. The summed E-state index contributed by atoms with van der Waals surface area (Å²) in [6.07, 6.45) is 0. The van der Waals surface area contributed by atoms with Crippen LogP contribution in [0.25, 0.3) is 21.8 Å². The molecule has 1 heterocycles. The predicted octanol–water partition coefficient (Wildman–Crippen LogP) is 5.22. The number of anilines is 1. The fourth-order valence-electron chi connectivity index (χ4n) is 3.23. The molecule has 0 aliphatic rings. The largest absolute Gasteiger partial charge is 0.383 e. The topological polar surface area (TPSA) is 17.0 Å². The molecule has 0 aliphatic heterocycles. The summed E-state index contributed by atoms with van der Waals surface area (Å²) in [4.78, 5) is 0. The van der Waals surface area contributed by atoms with Gasteiger partial charge in [0.05, 0.1) is 0 Å². The van der Waals surface area contributed by atoms with Crippen molar-refractivity contribution in [2.45, 2.75) is 13.5 Å². The molecule has 0 unspecified atom stereocenters. The van der Waals surface area contributed by atoms with Crippen LogP contribution in [0.15, 0.2) is 72.8 Å². The summed E-state index contributed by atoms with van der Waals surface area (Å²) in [6.45, 7) is 3.97. The highest BCUT2D eigenvalue weighted by Gasteiger charge is 2.08. The third kappa shape index (κ3) is 2.57. The molecule has 1 N–H and O–H groups in total. The Morgan fingerprint density at radius 3 is 1.91 bits per heavy atom. The minimum Gasteiger partial charge on any atom is -0.383 e. The number of aromatic nitrogens is 1. The highest BCUT2D eigenvalue weighted by Crippen LogP contribution is 2.28. The van der Waals surface area contributed by atoms with Crippen molar-refractivity contribution < 1.29 is 0 Å². The fourth-order valence-corrected chi connectivity index (χ4v) is 3.23. The Morgan fingerprint density at radius 2 is 1.30 bits per heavy atom. The van der Waals surface area contributed by atoms with Crippen LogP contribution in [0.5, 0.6) is 0 Å². The molecule has 2 nitrogen and oxygen atoms in total. The number of hydrogen-bond acceptors (Lipinski definition) is 1. The second-order valence-corrected chi connectivity index (χ2v) is 5.98. The number of fused-ring (bicyclic) bond motifs is 3. The third-order valence-corrected chi connectivity index (χ3v) is 4.40. The molecule has 0 saturated carbocycles. The number of aryl methyl sites for hydroxylation is 1. The van der Waals surface area contributed by atoms with Crippen LogP contribution in [0.4, 0.5) is 5.69 Å². The number of nitrogens with zero attached hydrogens (tertiary/aromatic N) is 1. The van der Waals surface area contributed by atoms with Gasteiger partial charge in [-0.1, -0.05) is 54.1 Å². The van der Waals surface area contributed by atoms with E-state index in [1.54, 1.807) is 0 Å². The normalized spacial score (nSPS) is 11.2. The van der Waals surface area contributed by atoms with Crippen molar-refractivity contribution in [3.63, 3.8) is 0 Å². The smallest absolute Gasteiger partial charge is 0.0491 e. The van der Waals surface area contributed by atoms with Gasteiger partial charge >= 0.3 is 0 Å². The third-order valence-electron chi connectivity index (χ3n) is 4.40. The molecule has 4 aromatic rings. The maximum atomic E-state index is 3.52. The highest BCUT2D eigenvalue weighted by atomic mass is 15.0. The lowest BCUT2D eigenvalue weighted by atomic mass is 10.2. The van der Waals surface area contributed by atoms with E-state index >= 15 is 0 Å². The van der Waals surface area contributed by atoms with Gasteiger partial charge < -0.3 is 9.88 Å². The van der Waals surface area contributed by atoms with E-state index in [0.29, 0.717) is 0 Å². The van der Waals surface area contributed by atoms with Crippen LogP contribution in [0.3, 0.4) is 0 Å². The lowest BCUT2D eigenvalue weighted by Gasteiger charge is -2.10. The number of rotatable bonds is 4. The van der Waals surface area contributed by atoms with Gasteiger partial charge in [-0.05, 0) is 31.2 Å².